The van der Waals surface area contributed by atoms with Crippen LogP contribution in [0.3, 0.4) is 0 Å². The van der Waals surface area contributed by atoms with E-state index in [4.69, 9.17) is 11.6 Å². The first-order chi connectivity index (χ1) is 12.7. The van der Waals surface area contributed by atoms with Gasteiger partial charge < -0.3 is 4.90 Å². The maximum absolute atomic E-state index is 12.8. The van der Waals surface area contributed by atoms with Crippen LogP contribution >= 0.6 is 11.6 Å². The Bertz CT molecular complexity index is 1120. The second-order valence-electron chi connectivity index (χ2n) is 6.31. The number of carbonyl (C=O) groups excluding carboxylic acids is 2. The number of aryl methyl sites for hydroxylation is 1. The molecule has 27 heavy (non-hydrogen) atoms. The Morgan fingerprint density at radius 1 is 1.26 bits per heavy atom. The van der Waals surface area contributed by atoms with Crippen LogP contribution in [0.5, 0.6) is 0 Å². The normalized spacial score (nSPS) is 12.2. The van der Waals surface area contributed by atoms with E-state index in [2.05, 4.69) is 15.3 Å². The van der Waals surface area contributed by atoms with Crippen molar-refractivity contribution in [1.82, 2.24) is 29.4 Å². The summed E-state index contributed by atoms with van der Waals surface area (Å²) in [5.74, 6) is -1.00. The van der Waals surface area contributed by atoms with E-state index in [1.54, 1.807) is 12.1 Å². The van der Waals surface area contributed by atoms with E-state index < -0.39 is 23.3 Å². The number of amides is 1. The third-order valence-corrected chi connectivity index (χ3v) is 4.53. The largest absolute Gasteiger partial charge is 0.347 e. The van der Waals surface area contributed by atoms with Gasteiger partial charge in [0.15, 0.2) is 23.0 Å². The fraction of sp³-hybridized carbons (Fsp3) is 0.294. The summed E-state index contributed by atoms with van der Waals surface area (Å²) in [7, 11) is 3.01. The monoisotopic (exact) mass is 388 g/mol. The minimum absolute atomic E-state index is 0.0491. The maximum atomic E-state index is 12.8. The van der Waals surface area contributed by atoms with Gasteiger partial charge in [-0.2, -0.15) is 4.68 Å². The Morgan fingerprint density at radius 3 is 2.56 bits per heavy atom. The molecule has 0 N–H and O–H groups in total. The van der Waals surface area contributed by atoms with E-state index in [9.17, 15) is 14.4 Å². The van der Waals surface area contributed by atoms with Gasteiger partial charge in [-0.25, -0.2) is 4.98 Å². The molecule has 3 rings (SSSR count). The van der Waals surface area contributed by atoms with Gasteiger partial charge in [-0.3, -0.25) is 19.0 Å². The molecule has 10 heteroatoms. The first-order valence-corrected chi connectivity index (χ1v) is 8.41. The third kappa shape index (κ3) is 3.21. The molecule has 0 fully saturated rings. The number of hydrogen-bond acceptors (Lipinski definition) is 6. The molecule has 2 aromatic heterocycles. The van der Waals surface area contributed by atoms with Crippen molar-refractivity contribution in [2.75, 3.05) is 14.1 Å². The van der Waals surface area contributed by atoms with Crippen LogP contribution in [0, 0.1) is 6.92 Å². The van der Waals surface area contributed by atoms with Crippen LogP contribution in [0.25, 0.3) is 16.9 Å². The number of halogens is 1. The number of fused-ring (bicyclic) bond motifs is 1. The zero-order valence-corrected chi connectivity index (χ0v) is 15.9. The summed E-state index contributed by atoms with van der Waals surface area (Å²) >= 11 is 6.15. The Kier molecular flexibility index (Phi) is 4.79. The van der Waals surface area contributed by atoms with Gasteiger partial charge in [-0.1, -0.05) is 22.9 Å². The second-order valence-corrected chi connectivity index (χ2v) is 6.72. The molecule has 0 bridgehead atoms. The van der Waals surface area contributed by atoms with Gasteiger partial charge in [0.05, 0.1) is 5.69 Å². The summed E-state index contributed by atoms with van der Waals surface area (Å²) in [5.41, 5.74) is 1.01. The highest BCUT2D eigenvalue weighted by Crippen LogP contribution is 2.20. The number of rotatable bonds is 4. The molecule has 9 nitrogen and oxygen atoms in total. The van der Waals surface area contributed by atoms with Crippen LogP contribution in [0.15, 0.2) is 29.3 Å². The van der Waals surface area contributed by atoms with Gasteiger partial charge in [-0.05, 0) is 31.5 Å². The second kappa shape index (κ2) is 6.92. The molecule has 0 saturated carbocycles. The smallest absolute Gasteiger partial charge is 0.284 e. The Hall–Kier alpha value is -3.07. The highest BCUT2D eigenvalue weighted by atomic mass is 35.5. The average Bonchev–Trinajstić information content (AvgIpc) is 3.04. The van der Waals surface area contributed by atoms with Crippen LogP contribution in [-0.4, -0.2) is 55.2 Å². The van der Waals surface area contributed by atoms with Gasteiger partial charge in [0.2, 0.25) is 0 Å². The number of ketones is 1. The molecule has 1 amide bonds. The minimum Gasteiger partial charge on any atom is -0.347 e. The SMILES string of the molecule is CC(=O)[C@H](C(=O)N(C)C)n1cnc2c(nnn2-c2ccc(C)c(Cl)c2)c1=O. The molecule has 0 aliphatic heterocycles. The summed E-state index contributed by atoms with van der Waals surface area (Å²) in [5, 5.41) is 8.40. The first-order valence-electron chi connectivity index (χ1n) is 8.03. The van der Waals surface area contributed by atoms with Crippen molar-refractivity contribution < 1.29 is 9.59 Å². The van der Waals surface area contributed by atoms with Crippen LogP contribution in [0.1, 0.15) is 18.5 Å². The van der Waals surface area contributed by atoms with Crippen LogP contribution in [0.2, 0.25) is 5.02 Å². The number of Topliss-reactive ketones (excluding diaryl/α,β-unsaturated/α-hetero) is 1. The summed E-state index contributed by atoms with van der Waals surface area (Å²) in [4.78, 5) is 42.6. The lowest BCUT2D eigenvalue weighted by Crippen LogP contribution is -2.40. The van der Waals surface area contributed by atoms with Gasteiger partial charge in [0.1, 0.15) is 6.33 Å². The van der Waals surface area contributed by atoms with E-state index >= 15 is 0 Å². The zero-order valence-electron chi connectivity index (χ0n) is 15.2. The number of nitrogens with zero attached hydrogens (tertiary/aromatic N) is 6. The van der Waals surface area contributed by atoms with Gasteiger partial charge >= 0.3 is 0 Å². The standard InChI is InChI=1S/C17H17ClN6O3/c1-9-5-6-11(7-12(9)18)24-15-13(20-21-24)16(26)23(8-19-15)14(10(2)25)17(27)22(3)4/h5-8,14H,1-4H3/t14-/m1/s1. The summed E-state index contributed by atoms with van der Waals surface area (Å²) in [6.07, 6.45) is 1.16. The molecule has 0 aliphatic rings. The number of aromatic nitrogens is 5. The lowest BCUT2D eigenvalue weighted by Gasteiger charge is -2.19. The molecule has 0 spiro atoms. The van der Waals surface area contributed by atoms with Crippen molar-refractivity contribution in [3.8, 4) is 5.69 Å². The molecular formula is C17H17ClN6O3. The van der Waals surface area contributed by atoms with E-state index in [0.717, 1.165) is 16.5 Å². The van der Waals surface area contributed by atoms with Crippen molar-refractivity contribution in [3.63, 3.8) is 0 Å². The van der Waals surface area contributed by atoms with E-state index in [1.807, 2.05) is 13.0 Å². The topological polar surface area (TPSA) is 103 Å². The van der Waals surface area contributed by atoms with Gasteiger partial charge in [-0.15, -0.1) is 5.10 Å². The summed E-state index contributed by atoms with van der Waals surface area (Å²) < 4.78 is 2.36. The quantitative estimate of drug-likeness (QED) is 0.621. The Labute approximate surface area is 159 Å². The molecular weight excluding hydrogens is 372 g/mol. The van der Waals surface area contributed by atoms with Crippen LogP contribution in [0.4, 0.5) is 0 Å². The first kappa shape index (κ1) is 18.7. The van der Waals surface area contributed by atoms with E-state index in [0.29, 0.717) is 10.7 Å². The zero-order chi connectivity index (χ0) is 19.9. The molecule has 3 aromatic rings. The number of hydrogen-bond donors (Lipinski definition) is 0. The predicted octanol–water partition coefficient (Wildman–Crippen LogP) is 1.16. The fourth-order valence-electron chi connectivity index (χ4n) is 2.63. The minimum atomic E-state index is -1.30. The van der Waals surface area contributed by atoms with Crippen molar-refractivity contribution in [1.29, 1.82) is 0 Å². The van der Waals surface area contributed by atoms with E-state index in [-0.39, 0.29) is 11.2 Å². The summed E-state index contributed by atoms with van der Waals surface area (Å²) in [6.45, 7) is 3.11. The van der Waals surface area contributed by atoms with Crippen molar-refractivity contribution in [2.45, 2.75) is 19.9 Å². The van der Waals surface area contributed by atoms with Crippen molar-refractivity contribution in [2.24, 2.45) is 0 Å². The number of likely N-dealkylation sites (N-methyl/N-ethyl adjacent to an activating group) is 1. The van der Waals surface area contributed by atoms with Crippen LogP contribution in [-0.2, 0) is 9.59 Å². The fourth-order valence-corrected chi connectivity index (χ4v) is 2.80. The van der Waals surface area contributed by atoms with Crippen molar-refractivity contribution in [3.05, 3.63) is 45.5 Å². The molecule has 2 heterocycles. The molecule has 1 aromatic carbocycles. The predicted molar refractivity (Wildman–Crippen MR) is 99.1 cm³/mol. The van der Waals surface area contributed by atoms with Crippen molar-refractivity contribution >= 4 is 34.5 Å². The van der Waals surface area contributed by atoms with Gasteiger partial charge in [0.25, 0.3) is 11.5 Å². The maximum Gasteiger partial charge on any atom is 0.284 e. The Morgan fingerprint density at radius 2 is 1.96 bits per heavy atom. The third-order valence-electron chi connectivity index (χ3n) is 4.13. The highest BCUT2D eigenvalue weighted by molar-refractivity contribution is 6.31. The summed E-state index contributed by atoms with van der Waals surface area (Å²) in [6, 6.07) is 3.97. The Balaban J connectivity index is 2.17. The van der Waals surface area contributed by atoms with Crippen LogP contribution < -0.4 is 5.56 Å². The average molecular weight is 389 g/mol. The highest BCUT2D eigenvalue weighted by Gasteiger charge is 2.29. The molecule has 1 atom stereocenters. The van der Waals surface area contributed by atoms with E-state index in [1.165, 1.54) is 30.6 Å². The number of carbonyl (C=O) groups is 2. The molecule has 0 aliphatic carbocycles. The van der Waals surface area contributed by atoms with Gasteiger partial charge in [0, 0.05) is 19.1 Å². The lowest BCUT2D eigenvalue weighted by molar-refractivity contribution is -0.137. The lowest BCUT2D eigenvalue weighted by atomic mass is 10.2. The molecule has 0 unspecified atom stereocenters. The molecule has 0 saturated heterocycles. The molecule has 0 radical (unpaired) electrons. The number of benzene rings is 1. The molecule has 140 valence electrons.